The molecule has 0 aromatic carbocycles. The van der Waals surface area contributed by atoms with E-state index in [1.807, 2.05) is 0 Å². The minimum absolute atomic E-state index is 0. The largest absolute Gasteiger partial charge is 0.393 e. The third kappa shape index (κ3) is 6.26. The Morgan fingerprint density at radius 1 is 1.30 bits per heavy atom. The molecule has 0 heterocycles. The smallest absolute Gasteiger partial charge is 0.316 e. The van der Waals surface area contributed by atoms with E-state index in [0.29, 0.717) is 0 Å². The number of hydrogen-bond donors (Lipinski definition) is 0. The molecule has 0 fully saturated rings. The Morgan fingerprint density at radius 3 is 1.80 bits per heavy atom. The van der Waals surface area contributed by atoms with Gasteiger partial charge < -0.3 is 4.74 Å². The number of carbonyl (C=O) groups is 2. The van der Waals surface area contributed by atoms with Crippen LogP contribution < -0.4 is 0 Å². The Morgan fingerprint density at radius 2 is 1.70 bits per heavy atom. The Bertz CT molecular complexity index is 131. The van der Waals surface area contributed by atoms with E-state index in [9.17, 15) is 9.59 Å². The molecule has 0 N–H and O–H groups in total. The molecule has 0 aliphatic heterocycles. The van der Waals surface area contributed by atoms with E-state index in [-0.39, 0.29) is 35.5 Å². The first kappa shape index (κ1) is 12.8. The van der Waals surface area contributed by atoms with Crippen molar-refractivity contribution in [2.75, 3.05) is 0 Å². The van der Waals surface area contributed by atoms with Crippen molar-refractivity contribution < 1.29 is 14.3 Å². The zero-order valence-corrected chi connectivity index (χ0v) is 8.80. The zero-order chi connectivity index (χ0) is 7.44. The van der Waals surface area contributed by atoms with Gasteiger partial charge in [0.15, 0.2) is 0 Å². The van der Waals surface area contributed by atoms with Crippen LogP contribution in [0.3, 0.4) is 0 Å². The van der Waals surface area contributed by atoms with Crippen LogP contribution >= 0.6 is 0 Å². The van der Waals surface area contributed by atoms with Gasteiger partial charge in [-0.15, -0.1) is 0 Å². The molecule has 53 valence electrons. The number of carbonyl (C=O) groups excluding carboxylic acids is 2. The molecule has 0 unspecified atom stereocenters. The SMILES string of the molecule is CC(=O)OC(=O)C(C)C.[Na]. The topological polar surface area (TPSA) is 43.4 Å². The second kappa shape index (κ2) is 5.89. The van der Waals surface area contributed by atoms with Crippen LogP contribution in [0.5, 0.6) is 0 Å². The number of hydrogen-bond acceptors (Lipinski definition) is 3. The van der Waals surface area contributed by atoms with Gasteiger partial charge in [-0.25, -0.2) is 0 Å². The summed E-state index contributed by atoms with van der Waals surface area (Å²) < 4.78 is 4.23. The Hall–Kier alpha value is 0.140. The molecule has 0 rings (SSSR count). The van der Waals surface area contributed by atoms with Crippen LogP contribution in [-0.4, -0.2) is 41.5 Å². The predicted octanol–water partition coefficient (Wildman–Crippen LogP) is 0.351. The van der Waals surface area contributed by atoms with Crippen molar-refractivity contribution >= 4 is 41.5 Å². The summed E-state index contributed by atoms with van der Waals surface area (Å²) in [6.45, 7) is 4.55. The monoisotopic (exact) mass is 153 g/mol. The van der Waals surface area contributed by atoms with E-state index in [0.717, 1.165) is 0 Å². The Balaban J connectivity index is 0. The summed E-state index contributed by atoms with van der Waals surface area (Å²) in [6.07, 6.45) is 0. The quantitative estimate of drug-likeness (QED) is 0.310. The summed E-state index contributed by atoms with van der Waals surface area (Å²) in [6, 6.07) is 0. The molecule has 0 bridgehead atoms. The van der Waals surface area contributed by atoms with Gasteiger partial charge in [-0.3, -0.25) is 9.59 Å². The summed E-state index contributed by atoms with van der Waals surface area (Å²) in [5.41, 5.74) is 0. The maximum absolute atomic E-state index is 10.5. The van der Waals surface area contributed by atoms with Gasteiger partial charge in [-0.2, -0.15) is 0 Å². The average Bonchev–Trinajstić information content (AvgIpc) is 1.63. The van der Waals surface area contributed by atoms with Crippen molar-refractivity contribution in [2.45, 2.75) is 20.8 Å². The van der Waals surface area contributed by atoms with Crippen molar-refractivity contribution in [2.24, 2.45) is 5.92 Å². The molecule has 0 saturated heterocycles. The third-order valence-corrected chi connectivity index (χ3v) is 0.716. The van der Waals surface area contributed by atoms with Crippen molar-refractivity contribution in [3.63, 3.8) is 0 Å². The van der Waals surface area contributed by atoms with Crippen molar-refractivity contribution in [1.29, 1.82) is 0 Å². The maximum Gasteiger partial charge on any atom is 0.316 e. The molecule has 0 spiro atoms. The molecular weight excluding hydrogens is 143 g/mol. The zero-order valence-electron chi connectivity index (χ0n) is 6.80. The van der Waals surface area contributed by atoms with E-state index >= 15 is 0 Å². The standard InChI is InChI=1S/C6H10O3.Na/c1-4(2)6(8)9-5(3)7;/h4H,1-3H3;. The fourth-order valence-electron chi connectivity index (χ4n) is 0.260. The van der Waals surface area contributed by atoms with Crippen molar-refractivity contribution in [3.05, 3.63) is 0 Å². The van der Waals surface area contributed by atoms with Gasteiger partial charge in [-0.05, 0) is 0 Å². The molecule has 4 heteroatoms. The van der Waals surface area contributed by atoms with Crippen LogP contribution in [0.15, 0.2) is 0 Å². The Kier molecular flexibility index (Phi) is 7.53. The van der Waals surface area contributed by atoms with Gasteiger partial charge in [0.1, 0.15) is 0 Å². The first-order chi connectivity index (χ1) is 4.04. The molecule has 1 radical (unpaired) electrons. The van der Waals surface area contributed by atoms with E-state index in [4.69, 9.17) is 0 Å². The molecule has 0 aromatic rings. The molecule has 3 nitrogen and oxygen atoms in total. The van der Waals surface area contributed by atoms with Gasteiger partial charge in [0.2, 0.25) is 0 Å². The first-order valence-corrected chi connectivity index (χ1v) is 2.76. The van der Waals surface area contributed by atoms with E-state index in [1.54, 1.807) is 13.8 Å². The van der Waals surface area contributed by atoms with Crippen LogP contribution in [0.4, 0.5) is 0 Å². The van der Waals surface area contributed by atoms with Crippen LogP contribution in [0.2, 0.25) is 0 Å². The fraction of sp³-hybridized carbons (Fsp3) is 0.667. The number of ether oxygens (including phenoxy) is 1. The molecule has 0 amide bonds. The first-order valence-electron chi connectivity index (χ1n) is 2.76. The van der Waals surface area contributed by atoms with Gasteiger partial charge >= 0.3 is 11.9 Å². The van der Waals surface area contributed by atoms with Gasteiger partial charge in [0.05, 0.1) is 5.92 Å². The van der Waals surface area contributed by atoms with E-state index in [1.165, 1.54) is 6.92 Å². The van der Waals surface area contributed by atoms with E-state index in [2.05, 4.69) is 4.74 Å². The second-order valence-corrected chi connectivity index (χ2v) is 2.07. The second-order valence-electron chi connectivity index (χ2n) is 2.07. The van der Waals surface area contributed by atoms with Crippen LogP contribution in [0.25, 0.3) is 0 Å². The van der Waals surface area contributed by atoms with Gasteiger partial charge in [0, 0.05) is 36.5 Å². The molecular formula is C6H10NaO3. The maximum atomic E-state index is 10.5. The minimum atomic E-state index is -0.547. The van der Waals surface area contributed by atoms with Crippen LogP contribution in [0, 0.1) is 5.92 Å². The van der Waals surface area contributed by atoms with Crippen molar-refractivity contribution in [3.8, 4) is 0 Å². The fourth-order valence-corrected chi connectivity index (χ4v) is 0.260. The summed E-state index contributed by atoms with van der Waals surface area (Å²) in [4.78, 5) is 20.6. The molecule has 0 aromatic heterocycles. The summed E-state index contributed by atoms with van der Waals surface area (Å²) in [5, 5.41) is 0. The van der Waals surface area contributed by atoms with E-state index < -0.39 is 11.9 Å². The van der Waals surface area contributed by atoms with Crippen LogP contribution in [-0.2, 0) is 14.3 Å². The summed E-state index contributed by atoms with van der Waals surface area (Å²) >= 11 is 0. The predicted molar refractivity (Wildman–Crippen MR) is 37.4 cm³/mol. The average molecular weight is 153 g/mol. The van der Waals surface area contributed by atoms with Crippen molar-refractivity contribution in [1.82, 2.24) is 0 Å². The number of esters is 2. The molecule has 0 aliphatic rings. The van der Waals surface area contributed by atoms with Gasteiger partial charge in [0.25, 0.3) is 0 Å². The minimum Gasteiger partial charge on any atom is -0.393 e. The molecule has 0 aliphatic carbocycles. The molecule has 10 heavy (non-hydrogen) atoms. The summed E-state index contributed by atoms with van der Waals surface area (Å²) in [5.74, 6) is -1.25. The van der Waals surface area contributed by atoms with Crippen LogP contribution in [0.1, 0.15) is 20.8 Å². The molecule has 0 saturated carbocycles. The molecule has 0 atom stereocenters. The normalized spacial score (nSPS) is 8.40. The number of rotatable bonds is 1. The summed E-state index contributed by atoms with van der Waals surface area (Å²) in [7, 11) is 0. The third-order valence-electron chi connectivity index (χ3n) is 0.716. The van der Waals surface area contributed by atoms with Gasteiger partial charge in [-0.1, -0.05) is 13.8 Å². The Labute approximate surface area is 82.4 Å².